The third-order valence-electron chi connectivity index (χ3n) is 5.96. The fraction of sp³-hybridized carbons (Fsp3) is 0.370. The second-order valence-corrected chi connectivity index (χ2v) is 9.41. The molecule has 0 atom stereocenters. The topological polar surface area (TPSA) is 166 Å². The minimum atomic E-state index is -2.74. The van der Waals surface area contributed by atoms with Crippen molar-refractivity contribution in [1.82, 2.24) is 19.7 Å². The number of carbonyl (C=O) groups is 3. The van der Waals surface area contributed by atoms with Gasteiger partial charge in [-0.3, -0.25) is 24.2 Å². The summed E-state index contributed by atoms with van der Waals surface area (Å²) in [4.78, 5) is 37.4. The maximum atomic E-state index is 10.3. The van der Waals surface area contributed by atoms with Crippen LogP contribution in [0.4, 0.5) is 0 Å². The molecule has 0 aliphatic carbocycles. The molecule has 0 fully saturated rings. The van der Waals surface area contributed by atoms with Gasteiger partial charge in [0.2, 0.25) is 0 Å². The van der Waals surface area contributed by atoms with Gasteiger partial charge in [-0.1, -0.05) is 35.9 Å². The molecular formula is C27H33ClN4O7. The van der Waals surface area contributed by atoms with Crippen molar-refractivity contribution in [2.75, 3.05) is 0 Å². The van der Waals surface area contributed by atoms with E-state index in [1.807, 2.05) is 36.5 Å². The Labute approximate surface area is 231 Å². The van der Waals surface area contributed by atoms with Gasteiger partial charge < -0.3 is 20.4 Å². The molecule has 2 aromatic heterocycles. The molecule has 3 aromatic rings. The summed E-state index contributed by atoms with van der Waals surface area (Å²) in [7, 11) is 0. The Balaban J connectivity index is 0.000000349. The van der Waals surface area contributed by atoms with E-state index in [4.69, 9.17) is 32.0 Å². The van der Waals surface area contributed by atoms with Crippen LogP contribution in [0, 0.1) is 13.8 Å². The lowest BCUT2D eigenvalue weighted by Crippen LogP contribution is -2.42. The largest absolute Gasteiger partial charge is 0.481 e. The normalized spacial score (nSPS) is 11.1. The third-order valence-corrected chi connectivity index (χ3v) is 6.33. The average Bonchev–Trinajstić information content (AvgIpc) is 3.13. The number of nitrogens with zero attached hydrogens (tertiary/aromatic N) is 4. The first-order valence-electron chi connectivity index (χ1n) is 12.1. The predicted molar refractivity (Wildman–Crippen MR) is 143 cm³/mol. The quantitative estimate of drug-likeness (QED) is 0.257. The number of carboxylic acids is 3. The highest BCUT2D eigenvalue weighted by Gasteiger charge is 2.40. The first-order valence-corrected chi connectivity index (χ1v) is 12.5. The van der Waals surface area contributed by atoms with E-state index in [1.54, 1.807) is 0 Å². The zero-order chi connectivity index (χ0) is 29.2. The summed E-state index contributed by atoms with van der Waals surface area (Å²) in [6.45, 7) is 9.60. The number of aliphatic hydroxyl groups is 1. The van der Waals surface area contributed by atoms with Crippen molar-refractivity contribution in [3.63, 3.8) is 0 Å². The number of aromatic nitrogens is 3. The Morgan fingerprint density at radius 3 is 2.05 bits per heavy atom. The maximum Gasteiger partial charge on any atom is 0.336 e. The number of aryl methyl sites for hydroxylation is 2. The highest BCUT2D eigenvalue weighted by Crippen LogP contribution is 2.22. The van der Waals surface area contributed by atoms with Gasteiger partial charge >= 0.3 is 17.9 Å². The summed E-state index contributed by atoms with van der Waals surface area (Å²) in [5.74, 6) is -5.02. The Morgan fingerprint density at radius 2 is 1.56 bits per heavy atom. The monoisotopic (exact) mass is 560 g/mol. The van der Waals surface area contributed by atoms with Gasteiger partial charge in [0.1, 0.15) is 0 Å². The molecule has 3 rings (SSSR count). The van der Waals surface area contributed by atoms with Gasteiger partial charge in [0.25, 0.3) is 0 Å². The molecule has 0 radical (unpaired) electrons. The van der Waals surface area contributed by atoms with E-state index in [9.17, 15) is 14.4 Å². The van der Waals surface area contributed by atoms with Gasteiger partial charge in [-0.2, -0.15) is 5.10 Å². The predicted octanol–water partition coefficient (Wildman–Crippen LogP) is 3.52. The number of pyridine rings is 1. The number of hydrogen-bond donors (Lipinski definition) is 4. The molecule has 1 aromatic carbocycles. The van der Waals surface area contributed by atoms with Crippen LogP contribution in [0.1, 0.15) is 48.0 Å². The molecule has 0 aliphatic heterocycles. The van der Waals surface area contributed by atoms with Crippen molar-refractivity contribution in [1.29, 1.82) is 0 Å². The number of rotatable bonds is 12. The lowest BCUT2D eigenvalue weighted by Gasteiger charge is -2.23. The minimum Gasteiger partial charge on any atom is -0.481 e. The van der Waals surface area contributed by atoms with Gasteiger partial charge in [-0.25, -0.2) is 4.79 Å². The zero-order valence-electron chi connectivity index (χ0n) is 22.0. The number of hydrogen-bond acceptors (Lipinski definition) is 7. The molecule has 2 heterocycles. The summed E-state index contributed by atoms with van der Waals surface area (Å²) in [5.41, 5.74) is 3.05. The Morgan fingerprint density at radius 1 is 0.949 bits per heavy atom. The smallest absolute Gasteiger partial charge is 0.336 e. The summed E-state index contributed by atoms with van der Waals surface area (Å²) >= 11 is 6.40. The van der Waals surface area contributed by atoms with Crippen molar-refractivity contribution in [2.45, 2.75) is 65.4 Å². The molecule has 0 saturated carbocycles. The maximum absolute atomic E-state index is 10.3. The van der Waals surface area contributed by atoms with Crippen LogP contribution < -0.4 is 0 Å². The van der Waals surface area contributed by atoms with Gasteiger partial charge in [-0.15, -0.1) is 0 Å². The third kappa shape index (κ3) is 9.47. The Bertz CT molecular complexity index is 1260. The second kappa shape index (κ2) is 14.4. The average molecular weight is 561 g/mol. The van der Waals surface area contributed by atoms with E-state index in [0.717, 1.165) is 48.2 Å². The fourth-order valence-corrected chi connectivity index (χ4v) is 4.16. The van der Waals surface area contributed by atoms with Crippen molar-refractivity contribution in [3.05, 3.63) is 81.9 Å². The van der Waals surface area contributed by atoms with Crippen LogP contribution in [-0.2, 0) is 40.6 Å². The van der Waals surface area contributed by atoms with Crippen LogP contribution in [0.15, 0.2) is 48.7 Å². The fourth-order valence-electron chi connectivity index (χ4n) is 3.96. The highest BCUT2D eigenvalue weighted by molar-refractivity contribution is 6.31. The molecule has 12 heteroatoms. The zero-order valence-corrected chi connectivity index (χ0v) is 22.8. The molecule has 39 heavy (non-hydrogen) atoms. The van der Waals surface area contributed by atoms with Crippen molar-refractivity contribution in [2.24, 2.45) is 0 Å². The SMILES string of the molecule is CCn1nc(C)c(CN(Cc2ccccn2)Cc2ccccc2Cl)c1C.O=C(O)CC(O)(CC(=O)O)C(=O)O. The molecule has 0 saturated heterocycles. The van der Waals surface area contributed by atoms with E-state index < -0.39 is 36.4 Å². The summed E-state index contributed by atoms with van der Waals surface area (Å²) < 4.78 is 2.07. The van der Waals surface area contributed by atoms with Gasteiger partial charge in [0.15, 0.2) is 5.60 Å². The molecule has 4 N–H and O–H groups in total. The molecule has 210 valence electrons. The second-order valence-electron chi connectivity index (χ2n) is 9.00. The number of carboxylic acid groups (broad SMARTS) is 3. The van der Waals surface area contributed by atoms with E-state index >= 15 is 0 Å². The molecule has 0 bridgehead atoms. The van der Waals surface area contributed by atoms with E-state index in [-0.39, 0.29) is 0 Å². The molecule has 0 unspecified atom stereocenters. The molecule has 0 amide bonds. The van der Waals surface area contributed by atoms with Gasteiger partial charge in [0.05, 0.1) is 24.2 Å². The molecule has 11 nitrogen and oxygen atoms in total. The summed E-state index contributed by atoms with van der Waals surface area (Å²) in [6, 6.07) is 14.1. The van der Waals surface area contributed by atoms with E-state index in [1.165, 1.54) is 11.3 Å². The summed E-state index contributed by atoms with van der Waals surface area (Å²) in [6.07, 6.45) is -0.447. The van der Waals surface area contributed by atoms with E-state index in [2.05, 4.69) is 52.6 Å². The van der Waals surface area contributed by atoms with Crippen LogP contribution in [0.3, 0.4) is 0 Å². The molecular weight excluding hydrogens is 528 g/mol. The van der Waals surface area contributed by atoms with Crippen molar-refractivity contribution < 1.29 is 34.8 Å². The minimum absolute atomic E-state index is 0.766. The van der Waals surface area contributed by atoms with Crippen LogP contribution in [0.25, 0.3) is 0 Å². The highest BCUT2D eigenvalue weighted by atomic mass is 35.5. The van der Waals surface area contributed by atoms with Gasteiger partial charge in [-0.05, 0) is 44.5 Å². The van der Waals surface area contributed by atoms with Crippen LogP contribution in [-0.4, -0.2) is 63.6 Å². The molecule has 0 aliphatic rings. The first kappa shape index (κ1) is 31.4. The Kier molecular flexibility index (Phi) is 11.6. The van der Waals surface area contributed by atoms with Gasteiger partial charge in [0, 0.05) is 48.7 Å². The first-order chi connectivity index (χ1) is 18.4. The number of benzene rings is 1. The standard InChI is InChI=1S/C21H25ClN4.C6H8O7/c1-4-26-17(3)20(16(2)24-26)15-25(14-19-10-7-8-12-23-19)13-18-9-5-6-11-21(18)22;7-3(8)1-6(13,5(11)12)2-4(9)10/h5-12H,4,13-15H2,1-3H3;13H,1-2H2,(H,7,8)(H,9,10)(H,11,12). The Hall–Kier alpha value is -3.80. The number of halogens is 1. The van der Waals surface area contributed by atoms with Crippen LogP contribution in [0.5, 0.6) is 0 Å². The van der Waals surface area contributed by atoms with Crippen LogP contribution in [0.2, 0.25) is 5.02 Å². The van der Waals surface area contributed by atoms with E-state index in [0.29, 0.717) is 0 Å². The lowest BCUT2D eigenvalue weighted by atomic mass is 9.96. The summed E-state index contributed by atoms with van der Waals surface area (Å²) in [5, 5.41) is 39.3. The number of aliphatic carboxylic acids is 3. The van der Waals surface area contributed by atoms with Crippen molar-refractivity contribution >= 4 is 29.5 Å². The lowest BCUT2D eigenvalue weighted by molar-refractivity contribution is -0.170. The van der Waals surface area contributed by atoms with Crippen LogP contribution >= 0.6 is 11.6 Å². The van der Waals surface area contributed by atoms with Crippen molar-refractivity contribution in [3.8, 4) is 0 Å². The molecule has 0 spiro atoms.